The van der Waals surface area contributed by atoms with Gasteiger partial charge in [-0.3, -0.25) is 4.90 Å². The molecule has 21 heavy (non-hydrogen) atoms. The van der Waals surface area contributed by atoms with E-state index in [-0.39, 0.29) is 0 Å². The van der Waals surface area contributed by atoms with Gasteiger partial charge in [-0.1, -0.05) is 19.1 Å². The molecular weight excluding hydrogens is 260 g/mol. The van der Waals surface area contributed by atoms with Crippen LogP contribution in [0.25, 0.3) is 0 Å². The molecule has 0 amide bonds. The number of nitriles is 1. The molecule has 0 bridgehead atoms. The van der Waals surface area contributed by atoms with Gasteiger partial charge in [0.1, 0.15) is 0 Å². The number of benzene rings is 1. The molecule has 0 radical (unpaired) electrons. The lowest BCUT2D eigenvalue weighted by atomic mass is 10.1. The van der Waals surface area contributed by atoms with E-state index in [4.69, 9.17) is 5.26 Å². The molecular formula is C17H26N4. The van der Waals surface area contributed by atoms with Gasteiger partial charge in [0.2, 0.25) is 0 Å². The molecule has 1 aromatic rings. The van der Waals surface area contributed by atoms with Gasteiger partial charge in [0.15, 0.2) is 0 Å². The van der Waals surface area contributed by atoms with Crippen molar-refractivity contribution in [3.63, 3.8) is 0 Å². The first kappa shape index (κ1) is 16.0. The Labute approximate surface area is 128 Å². The summed E-state index contributed by atoms with van der Waals surface area (Å²) in [5.74, 6) is 0. The second-order valence-electron chi connectivity index (χ2n) is 5.76. The maximum atomic E-state index is 8.78. The number of hydrogen-bond acceptors (Lipinski definition) is 4. The maximum absolute atomic E-state index is 8.78. The van der Waals surface area contributed by atoms with Crippen molar-refractivity contribution in [2.24, 2.45) is 0 Å². The highest BCUT2D eigenvalue weighted by Crippen LogP contribution is 2.06. The molecule has 4 heteroatoms. The normalized spacial score (nSPS) is 18.3. The molecule has 0 aromatic heterocycles. The minimum atomic E-state index is 0.572. The summed E-state index contributed by atoms with van der Waals surface area (Å²) in [6.07, 6.45) is 0. The van der Waals surface area contributed by atoms with Crippen molar-refractivity contribution in [3.8, 4) is 6.07 Å². The summed E-state index contributed by atoms with van der Waals surface area (Å²) < 4.78 is 0. The van der Waals surface area contributed by atoms with Gasteiger partial charge in [-0.2, -0.15) is 5.26 Å². The fourth-order valence-electron chi connectivity index (χ4n) is 2.77. The summed E-state index contributed by atoms with van der Waals surface area (Å²) in [7, 11) is 0. The van der Waals surface area contributed by atoms with Crippen molar-refractivity contribution in [2.75, 3.05) is 39.3 Å². The summed E-state index contributed by atoms with van der Waals surface area (Å²) in [5.41, 5.74) is 1.96. The van der Waals surface area contributed by atoms with Crippen LogP contribution in [0.15, 0.2) is 24.3 Å². The molecule has 1 atom stereocenters. The van der Waals surface area contributed by atoms with Crippen LogP contribution >= 0.6 is 0 Å². The van der Waals surface area contributed by atoms with E-state index in [9.17, 15) is 0 Å². The highest BCUT2D eigenvalue weighted by molar-refractivity contribution is 5.31. The Hall–Kier alpha value is -1.41. The molecule has 0 saturated carbocycles. The van der Waals surface area contributed by atoms with Gasteiger partial charge in [-0.25, -0.2) is 0 Å². The van der Waals surface area contributed by atoms with Gasteiger partial charge >= 0.3 is 0 Å². The molecule has 114 valence electrons. The van der Waals surface area contributed by atoms with Crippen molar-refractivity contribution in [2.45, 2.75) is 26.4 Å². The molecule has 1 N–H and O–H groups in total. The molecule has 1 fully saturated rings. The Balaban J connectivity index is 1.69. The lowest BCUT2D eigenvalue weighted by molar-refractivity contribution is 0.105. The summed E-state index contributed by atoms with van der Waals surface area (Å²) in [6, 6.07) is 10.5. The average Bonchev–Trinajstić information content (AvgIpc) is 2.55. The van der Waals surface area contributed by atoms with Gasteiger partial charge in [0, 0.05) is 45.3 Å². The first-order chi connectivity index (χ1) is 10.2. The lowest BCUT2D eigenvalue weighted by Crippen LogP contribution is -2.51. The zero-order chi connectivity index (χ0) is 15.1. The van der Waals surface area contributed by atoms with Crippen molar-refractivity contribution >= 4 is 0 Å². The van der Waals surface area contributed by atoms with Crippen LogP contribution in [0.5, 0.6) is 0 Å². The molecule has 4 nitrogen and oxygen atoms in total. The quantitative estimate of drug-likeness (QED) is 0.864. The predicted octanol–water partition coefficient (Wildman–Crippen LogP) is 1.67. The number of nitrogens with zero attached hydrogens (tertiary/aromatic N) is 3. The minimum absolute atomic E-state index is 0.572. The standard InChI is InChI=1S/C17H26N4/c1-3-20-8-10-21(11-9-20)15(2)13-19-14-17-6-4-16(12-18)5-7-17/h4-7,15,19H,3,8-11,13-14H2,1-2H3. The number of piperazine rings is 1. The number of nitrogens with one attached hydrogen (secondary N) is 1. The number of rotatable bonds is 6. The van der Waals surface area contributed by atoms with Crippen LogP contribution < -0.4 is 5.32 Å². The van der Waals surface area contributed by atoms with E-state index in [1.54, 1.807) is 0 Å². The summed E-state index contributed by atoms with van der Waals surface area (Å²) >= 11 is 0. The van der Waals surface area contributed by atoms with Crippen LogP contribution in [0, 0.1) is 11.3 Å². The van der Waals surface area contributed by atoms with Crippen LogP contribution in [0.1, 0.15) is 25.0 Å². The Morgan fingerprint density at radius 3 is 2.43 bits per heavy atom. The molecule has 1 aliphatic heterocycles. The summed E-state index contributed by atoms with van der Waals surface area (Å²) in [5, 5.41) is 12.3. The predicted molar refractivity (Wildman–Crippen MR) is 86.0 cm³/mol. The first-order valence-corrected chi connectivity index (χ1v) is 7.89. The average molecular weight is 286 g/mol. The fourth-order valence-corrected chi connectivity index (χ4v) is 2.77. The van der Waals surface area contributed by atoms with Crippen LogP contribution in [0.4, 0.5) is 0 Å². The third-order valence-corrected chi connectivity index (χ3v) is 4.33. The topological polar surface area (TPSA) is 42.3 Å². The highest BCUT2D eigenvalue weighted by atomic mass is 15.3. The van der Waals surface area contributed by atoms with Gasteiger partial charge in [-0.15, -0.1) is 0 Å². The monoisotopic (exact) mass is 286 g/mol. The Kier molecular flexibility index (Phi) is 6.19. The SMILES string of the molecule is CCN1CCN(C(C)CNCc2ccc(C#N)cc2)CC1. The third-order valence-electron chi connectivity index (χ3n) is 4.33. The molecule has 0 spiro atoms. The van der Waals surface area contributed by atoms with Gasteiger partial charge in [0.25, 0.3) is 0 Å². The zero-order valence-electron chi connectivity index (χ0n) is 13.2. The largest absolute Gasteiger partial charge is 0.311 e. The van der Waals surface area contributed by atoms with E-state index >= 15 is 0 Å². The summed E-state index contributed by atoms with van der Waals surface area (Å²) in [4.78, 5) is 5.07. The van der Waals surface area contributed by atoms with Crippen LogP contribution in [0.2, 0.25) is 0 Å². The molecule has 1 heterocycles. The molecule has 1 aromatic carbocycles. The van der Waals surface area contributed by atoms with Crippen LogP contribution in [-0.2, 0) is 6.54 Å². The lowest BCUT2D eigenvalue weighted by Gasteiger charge is -2.37. The van der Waals surface area contributed by atoms with E-state index in [0.29, 0.717) is 6.04 Å². The van der Waals surface area contributed by atoms with E-state index in [1.165, 1.54) is 38.3 Å². The van der Waals surface area contributed by atoms with Crippen molar-refractivity contribution in [1.29, 1.82) is 5.26 Å². The smallest absolute Gasteiger partial charge is 0.0991 e. The molecule has 0 aliphatic carbocycles. The van der Waals surface area contributed by atoms with Gasteiger partial charge in [0.05, 0.1) is 11.6 Å². The fraction of sp³-hybridized carbons (Fsp3) is 0.588. The number of likely N-dealkylation sites (N-methyl/N-ethyl adjacent to an activating group) is 1. The second kappa shape index (κ2) is 8.14. The number of hydrogen-bond donors (Lipinski definition) is 1. The molecule has 1 aliphatic rings. The van der Waals surface area contributed by atoms with E-state index < -0.39 is 0 Å². The van der Waals surface area contributed by atoms with Crippen molar-refractivity contribution in [3.05, 3.63) is 35.4 Å². The van der Waals surface area contributed by atoms with Gasteiger partial charge in [-0.05, 0) is 31.2 Å². The van der Waals surface area contributed by atoms with E-state index in [0.717, 1.165) is 18.7 Å². The zero-order valence-corrected chi connectivity index (χ0v) is 13.2. The highest BCUT2D eigenvalue weighted by Gasteiger charge is 2.19. The molecule has 2 rings (SSSR count). The van der Waals surface area contributed by atoms with Crippen molar-refractivity contribution < 1.29 is 0 Å². The third kappa shape index (κ3) is 4.82. The summed E-state index contributed by atoms with van der Waals surface area (Å²) in [6.45, 7) is 12.3. The van der Waals surface area contributed by atoms with Crippen LogP contribution in [0.3, 0.4) is 0 Å². The van der Waals surface area contributed by atoms with E-state index in [1.807, 2.05) is 24.3 Å². The van der Waals surface area contributed by atoms with E-state index in [2.05, 4.69) is 35.0 Å². The van der Waals surface area contributed by atoms with Gasteiger partial charge < -0.3 is 10.2 Å². The van der Waals surface area contributed by atoms with Crippen LogP contribution in [-0.4, -0.2) is 55.1 Å². The Morgan fingerprint density at radius 1 is 1.19 bits per heavy atom. The van der Waals surface area contributed by atoms with Crippen molar-refractivity contribution in [1.82, 2.24) is 15.1 Å². The minimum Gasteiger partial charge on any atom is -0.311 e. The second-order valence-corrected chi connectivity index (χ2v) is 5.76. The Morgan fingerprint density at radius 2 is 1.86 bits per heavy atom. The maximum Gasteiger partial charge on any atom is 0.0991 e. The Bertz CT molecular complexity index is 455. The molecule has 1 saturated heterocycles. The first-order valence-electron chi connectivity index (χ1n) is 7.89. The molecule has 1 unspecified atom stereocenters.